The van der Waals surface area contributed by atoms with Gasteiger partial charge < -0.3 is 5.32 Å². The molecule has 0 saturated heterocycles. The maximum atomic E-state index is 3.60. The zero-order valence-corrected chi connectivity index (χ0v) is 13.2. The van der Waals surface area contributed by atoms with Crippen LogP contribution in [0.4, 0.5) is 5.82 Å². The van der Waals surface area contributed by atoms with Crippen LogP contribution in [0.25, 0.3) is 5.69 Å². The fourth-order valence-corrected chi connectivity index (χ4v) is 2.61. The van der Waals surface area contributed by atoms with E-state index in [2.05, 4.69) is 86.0 Å². The van der Waals surface area contributed by atoms with Crippen LogP contribution in [-0.2, 0) is 7.05 Å². The van der Waals surface area contributed by atoms with Gasteiger partial charge >= 0.3 is 0 Å². The predicted octanol–water partition coefficient (Wildman–Crippen LogP) is 3.54. The lowest BCUT2D eigenvalue weighted by Gasteiger charge is -2.22. The molecular formula is C17H26N3+. The van der Waals surface area contributed by atoms with Crippen molar-refractivity contribution in [3.8, 4) is 5.69 Å². The second-order valence-corrected chi connectivity index (χ2v) is 6.79. The summed E-state index contributed by atoms with van der Waals surface area (Å²) < 4.78 is 4.28. The molecular weight excluding hydrogens is 246 g/mol. The molecule has 0 unspecified atom stereocenters. The van der Waals surface area contributed by atoms with Crippen LogP contribution in [0.15, 0.2) is 42.9 Å². The smallest absolute Gasteiger partial charge is 0.253 e. The number of nitrogens with zero attached hydrogens (tertiary/aromatic N) is 2. The van der Waals surface area contributed by atoms with Gasteiger partial charge in [-0.1, -0.05) is 39.0 Å². The normalized spacial score (nSPS) is 13.2. The van der Waals surface area contributed by atoms with Gasteiger partial charge in [0, 0.05) is 0 Å². The van der Waals surface area contributed by atoms with Crippen molar-refractivity contribution in [3.63, 3.8) is 0 Å². The van der Waals surface area contributed by atoms with E-state index in [1.807, 2.05) is 6.07 Å². The number of anilines is 1. The van der Waals surface area contributed by atoms with Gasteiger partial charge in [-0.15, -0.1) is 0 Å². The van der Waals surface area contributed by atoms with Crippen LogP contribution in [0, 0.1) is 5.41 Å². The maximum Gasteiger partial charge on any atom is 0.253 e. The lowest BCUT2D eigenvalue weighted by Crippen LogP contribution is -2.33. The largest absolute Gasteiger partial charge is 0.301 e. The van der Waals surface area contributed by atoms with Crippen LogP contribution in [0.3, 0.4) is 0 Å². The van der Waals surface area contributed by atoms with E-state index in [0.29, 0.717) is 11.5 Å². The second kappa shape index (κ2) is 5.70. The third kappa shape index (κ3) is 3.86. The standard InChI is InChI=1S/C17H26N3/c1-14(11-17(2,3)4)18-16-12-20(13-19(16)5)15-9-7-6-8-10-15/h6-10,12-14,18H,11H2,1-5H3/q+1/t14-/m1/s1. The zero-order chi connectivity index (χ0) is 14.8. The van der Waals surface area contributed by atoms with E-state index in [9.17, 15) is 0 Å². The van der Waals surface area contributed by atoms with Gasteiger partial charge in [-0.05, 0) is 30.9 Å². The zero-order valence-electron chi connectivity index (χ0n) is 13.2. The first-order chi connectivity index (χ1) is 9.35. The maximum absolute atomic E-state index is 3.60. The average Bonchev–Trinajstić information content (AvgIpc) is 2.70. The number of nitrogens with one attached hydrogen (secondary N) is 1. The summed E-state index contributed by atoms with van der Waals surface area (Å²) in [6.45, 7) is 9.08. The molecule has 0 aliphatic heterocycles. The molecule has 0 radical (unpaired) electrons. The molecule has 20 heavy (non-hydrogen) atoms. The summed E-state index contributed by atoms with van der Waals surface area (Å²) in [5.74, 6) is 1.14. The van der Waals surface area contributed by atoms with Crippen LogP contribution in [0.5, 0.6) is 0 Å². The van der Waals surface area contributed by atoms with Crippen molar-refractivity contribution in [2.45, 2.75) is 40.2 Å². The van der Waals surface area contributed by atoms with Crippen molar-refractivity contribution in [2.24, 2.45) is 12.5 Å². The molecule has 3 nitrogen and oxygen atoms in total. The highest BCUT2D eigenvalue weighted by molar-refractivity contribution is 5.35. The molecule has 0 bridgehead atoms. The van der Waals surface area contributed by atoms with Crippen LogP contribution in [0.1, 0.15) is 34.1 Å². The van der Waals surface area contributed by atoms with Crippen molar-refractivity contribution >= 4 is 5.82 Å². The molecule has 1 heterocycles. The van der Waals surface area contributed by atoms with E-state index in [1.54, 1.807) is 0 Å². The van der Waals surface area contributed by atoms with Crippen molar-refractivity contribution < 1.29 is 4.57 Å². The SMILES string of the molecule is C[C@H](CC(C)(C)C)Nc1cn(-c2ccccc2)c[n+]1C. The number of benzene rings is 1. The molecule has 108 valence electrons. The molecule has 3 heteroatoms. The summed E-state index contributed by atoms with van der Waals surface area (Å²) in [7, 11) is 2.07. The Bertz CT molecular complexity index is 549. The molecule has 0 amide bonds. The topological polar surface area (TPSA) is 20.8 Å². The summed E-state index contributed by atoms with van der Waals surface area (Å²) in [6, 6.07) is 10.8. The number of para-hydroxylation sites is 1. The molecule has 1 aromatic heterocycles. The summed E-state index contributed by atoms with van der Waals surface area (Å²) >= 11 is 0. The van der Waals surface area contributed by atoms with Gasteiger partial charge in [0.15, 0.2) is 6.33 Å². The Morgan fingerprint density at radius 1 is 1.20 bits per heavy atom. The Balaban J connectivity index is 2.12. The van der Waals surface area contributed by atoms with Crippen LogP contribution in [0.2, 0.25) is 0 Å². The van der Waals surface area contributed by atoms with E-state index in [0.717, 1.165) is 12.2 Å². The van der Waals surface area contributed by atoms with Gasteiger partial charge in [-0.25, -0.2) is 9.13 Å². The molecule has 2 aromatic rings. The van der Waals surface area contributed by atoms with E-state index in [1.165, 1.54) is 5.69 Å². The summed E-state index contributed by atoms with van der Waals surface area (Å²) in [6.07, 6.45) is 5.39. The predicted molar refractivity (Wildman–Crippen MR) is 84.1 cm³/mol. The molecule has 0 fully saturated rings. The molecule has 0 saturated carbocycles. The monoisotopic (exact) mass is 272 g/mol. The second-order valence-electron chi connectivity index (χ2n) is 6.79. The van der Waals surface area contributed by atoms with Gasteiger partial charge in [0.25, 0.3) is 5.82 Å². The average molecular weight is 272 g/mol. The molecule has 0 spiro atoms. The quantitative estimate of drug-likeness (QED) is 0.844. The number of rotatable bonds is 4. The minimum atomic E-state index is 0.340. The van der Waals surface area contributed by atoms with Crippen LogP contribution >= 0.6 is 0 Å². The number of imidazole rings is 1. The lowest BCUT2D eigenvalue weighted by molar-refractivity contribution is -0.656. The van der Waals surface area contributed by atoms with Crippen molar-refractivity contribution in [1.82, 2.24) is 4.57 Å². The Morgan fingerprint density at radius 3 is 2.45 bits per heavy atom. The fraction of sp³-hybridized carbons (Fsp3) is 0.471. The van der Waals surface area contributed by atoms with E-state index in [-0.39, 0.29) is 0 Å². The van der Waals surface area contributed by atoms with E-state index in [4.69, 9.17) is 0 Å². The van der Waals surface area contributed by atoms with Gasteiger partial charge in [0.2, 0.25) is 0 Å². The van der Waals surface area contributed by atoms with Gasteiger partial charge in [0.1, 0.15) is 11.9 Å². The van der Waals surface area contributed by atoms with Crippen LogP contribution in [-0.4, -0.2) is 10.6 Å². The van der Waals surface area contributed by atoms with Crippen LogP contribution < -0.4 is 9.88 Å². The van der Waals surface area contributed by atoms with Crippen molar-refractivity contribution in [2.75, 3.05) is 5.32 Å². The summed E-state index contributed by atoms with van der Waals surface area (Å²) in [4.78, 5) is 0. The Hall–Kier alpha value is -1.77. The molecule has 1 atom stereocenters. The molecule has 2 rings (SSSR count). The lowest BCUT2D eigenvalue weighted by atomic mass is 9.89. The summed E-state index contributed by atoms with van der Waals surface area (Å²) in [5, 5.41) is 3.60. The molecule has 0 aliphatic carbocycles. The minimum Gasteiger partial charge on any atom is -0.301 e. The fourth-order valence-electron chi connectivity index (χ4n) is 2.61. The first-order valence-corrected chi connectivity index (χ1v) is 7.25. The minimum absolute atomic E-state index is 0.340. The molecule has 1 N–H and O–H groups in total. The van der Waals surface area contributed by atoms with E-state index >= 15 is 0 Å². The Morgan fingerprint density at radius 2 is 1.85 bits per heavy atom. The number of aromatic nitrogens is 2. The van der Waals surface area contributed by atoms with Crippen molar-refractivity contribution in [3.05, 3.63) is 42.9 Å². The Kier molecular flexibility index (Phi) is 4.17. The first-order valence-electron chi connectivity index (χ1n) is 7.25. The van der Waals surface area contributed by atoms with Gasteiger partial charge in [0.05, 0.1) is 13.1 Å². The number of hydrogen-bond donors (Lipinski definition) is 1. The van der Waals surface area contributed by atoms with Gasteiger partial charge in [-0.3, -0.25) is 0 Å². The highest BCUT2D eigenvalue weighted by Crippen LogP contribution is 2.22. The number of aryl methyl sites for hydroxylation is 1. The Labute approximate surface area is 122 Å². The highest BCUT2D eigenvalue weighted by atomic mass is 15.2. The third-order valence-corrected chi connectivity index (χ3v) is 3.31. The first kappa shape index (κ1) is 14.6. The molecule has 0 aliphatic rings. The number of hydrogen-bond acceptors (Lipinski definition) is 1. The van der Waals surface area contributed by atoms with E-state index < -0.39 is 0 Å². The summed E-state index contributed by atoms with van der Waals surface area (Å²) in [5.41, 5.74) is 1.52. The molecule has 1 aromatic carbocycles. The van der Waals surface area contributed by atoms with Crippen molar-refractivity contribution in [1.29, 1.82) is 0 Å². The third-order valence-electron chi connectivity index (χ3n) is 3.31. The van der Waals surface area contributed by atoms with Gasteiger partial charge in [-0.2, -0.15) is 0 Å². The highest BCUT2D eigenvalue weighted by Gasteiger charge is 2.19.